The van der Waals surface area contributed by atoms with Crippen LogP contribution in [0.1, 0.15) is 112 Å². The van der Waals surface area contributed by atoms with Crippen molar-refractivity contribution in [1.29, 1.82) is 0 Å². The summed E-state index contributed by atoms with van der Waals surface area (Å²) in [4.78, 5) is 57.2. The normalized spacial score (nSPS) is 24.8. The maximum atomic E-state index is 14.9. The molecule has 6 aliphatic heterocycles. The van der Waals surface area contributed by atoms with Gasteiger partial charge in [-0.1, -0.05) is 38.1 Å². The zero-order valence-electron chi connectivity index (χ0n) is 44.2. The molecule has 78 heavy (non-hydrogen) atoms. The van der Waals surface area contributed by atoms with Gasteiger partial charge in [-0.3, -0.25) is 28.9 Å². The molecule has 0 aromatic heterocycles. The molecule has 21 nitrogen and oxygen atoms in total. The van der Waals surface area contributed by atoms with Gasteiger partial charge in [-0.2, -0.15) is 0 Å². The SMILES string of the molecule is CC(C)c1ccccc1[C@@H]1COCCN1C1CC2(CCN(c3ccc(C(=O)NS(=O)(=O)c4ccc(NCC5CCC(C)(O)CC5)c([N+](=O)[O-])c4)c(N4c5cc6ccnc-6n(COP(=O)(O)O)c5O[C@H]5COCC[C@@H]54)c3)CC2)C1. The van der Waals surface area contributed by atoms with Gasteiger partial charge in [0.15, 0.2) is 0 Å². The van der Waals surface area contributed by atoms with Gasteiger partial charge in [-0.15, -0.1) is 0 Å². The molecule has 0 bridgehead atoms. The van der Waals surface area contributed by atoms with E-state index in [0.29, 0.717) is 80.4 Å². The summed E-state index contributed by atoms with van der Waals surface area (Å²) in [6.45, 7) is 10.2. The molecule has 5 fully saturated rings. The summed E-state index contributed by atoms with van der Waals surface area (Å²) < 4.78 is 68.1. The molecule has 0 unspecified atom stereocenters. The van der Waals surface area contributed by atoms with E-state index < -0.39 is 63.7 Å². The van der Waals surface area contributed by atoms with E-state index in [-0.39, 0.29) is 41.1 Å². The van der Waals surface area contributed by atoms with E-state index in [2.05, 4.69) is 62.9 Å². The van der Waals surface area contributed by atoms with E-state index in [9.17, 15) is 42.8 Å². The number of nitrogens with one attached hydrogen (secondary N) is 2. The van der Waals surface area contributed by atoms with Crippen LogP contribution in [0.2, 0.25) is 0 Å². The third kappa shape index (κ3) is 11.0. The van der Waals surface area contributed by atoms with Crippen LogP contribution in [0.3, 0.4) is 0 Å². The Morgan fingerprint density at radius 3 is 2.45 bits per heavy atom. The van der Waals surface area contributed by atoms with Crippen molar-refractivity contribution in [2.75, 3.05) is 67.7 Å². The number of fused-ring (bicyclic) bond motifs is 3. The first-order valence-electron chi connectivity index (χ1n) is 27.1. The van der Waals surface area contributed by atoms with Gasteiger partial charge in [0, 0.05) is 62.3 Å². The predicted molar refractivity (Wildman–Crippen MR) is 291 cm³/mol. The Hall–Kier alpha value is -5.68. The summed E-state index contributed by atoms with van der Waals surface area (Å²) >= 11 is 0. The maximum absolute atomic E-state index is 14.9. The average molecular weight is 1110 g/mol. The lowest BCUT2D eigenvalue weighted by Gasteiger charge is -2.57. The number of nitro benzene ring substituents is 1. The zero-order chi connectivity index (χ0) is 54.7. The van der Waals surface area contributed by atoms with E-state index in [1.165, 1.54) is 27.8 Å². The number of hydrogen-bond donors (Lipinski definition) is 5. The highest BCUT2D eigenvalue weighted by molar-refractivity contribution is 7.90. The van der Waals surface area contributed by atoms with Crippen LogP contribution in [0.4, 0.5) is 28.4 Å². The highest BCUT2D eigenvalue weighted by atomic mass is 32.2. The van der Waals surface area contributed by atoms with Gasteiger partial charge in [0.25, 0.3) is 21.6 Å². The molecular weight excluding hydrogens is 1040 g/mol. The second kappa shape index (κ2) is 21.4. The standard InChI is InChI=1S/C55H69N8O13PS/c1-35(2)41-6-4-5-7-42(41)49-32-74-25-23-60(49)39-29-55(30-39)18-21-59(22-19-55)38-8-10-43(52(64)58-78(71,72)40-9-11-44(47(28-40)63(66)67)57-31-36-12-16-54(3,65)17-13-36)46(27-38)62-45-15-24-73-33-50(45)76-53-48(62)26-37-14-20-56-51(37)61(53)34-75-77(68,69)70/h4-11,14,20,26-28,35-36,39,45,49-50,57,65H,12-13,15-19,21-25,29-34H2,1-3H3,(H,58,64)(H2,68,69,70)/t36?,45-,49-,50-,54?/m0/s1. The molecule has 0 radical (unpaired) electrons. The van der Waals surface area contributed by atoms with Crippen LogP contribution in [0, 0.1) is 21.4 Å². The summed E-state index contributed by atoms with van der Waals surface area (Å²) in [5.74, 6) is 0.0146. The van der Waals surface area contributed by atoms with Crippen molar-refractivity contribution < 1.29 is 56.3 Å². The van der Waals surface area contributed by atoms with Crippen LogP contribution in [-0.2, 0) is 35.3 Å². The minimum Gasteiger partial charge on any atom is -0.469 e. The van der Waals surface area contributed by atoms with Gasteiger partial charge < -0.3 is 44.2 Å². The van der Waals surface area contributed by atoms with E-state index in [1.807, 2.05) is 23.1 Å². The van der Waals surface area contributed by atoms with Gasteiger partial charge in [-0.25, -0.2) is 22.7 Å². The lowest BCUT2D eigenvalue weighted by atomic mass is 9.59. The predicted octanol–water partition coefficient (Wildman–Crippen LogP) is 8.07. The van der Waals surface area contributed by atoms with Crippen molar-refractivity contribution in [3.8, 4) is 17.3 Å². The highest BCUT2D eigenvalue weighted by Crippen LogP contribution is 2.54. The number of nitro groups is 1. The second-order valence-electron chi connectivity index (χ2n) is 22.7. The summed E-state index contributed by atoms with van der Waals surface area (Å²) in [5.41, 5.74) is 3.88. The number of piperidine rings is 1. The molecule has 3 aromatic rings. The highest BCUT2D eigenvalue weighted by Gasteiger charge is 2.50. The fourth-order valence-corrected chi connectivity index (χ4v) is 14.2. The van der Waals surface area contributed by atoms with Gasteiger partial charge in [-0.05, 0) is 136 Å². The molecular formula is C55H69N8O13PS. The number of aliphatic hydroxyl groups is 1. The number of amides is 1. The lowest BCUT2D eigenvalue weighted by Crippen LogP contribution is -2.58. The number of phosphoric acid groups is 1. The number of aromatic nitrogens is 2. The maximum Gasteiger partial charge on any atom is 0.471 e. The average Bonchev–Trinajstić information content (AvgIpc) is 3.94. The molecule has 1 spiro atoms. The van der Waals surface area contributed by atoms with Crippen LogP contribution < -0.4 is 24.6 Å². The van der Waals surface area contributed by atoms with Crippen LogP contribution in [0.5, 0.6) is 5.88 Å². The molecule has 8 aliphatic rings. The number of sulfonamides is 1. The largest absolute Gasteiger partial charge is 0.471 e. The first-order valence-corrected chi connectivity index (χ1v) is 30.1. The van der Waals surface area contributed by atoms with Crippen molar-refractivity contribution in [2.45, 2.75) is 126 Å². The molecule has 3 saturated heterocycles. The Morgan fingerprint density at radius 2 is 1.71 bits per heavy atom. The van der Waals surface area contributed by atoms with Gasteiger partial charge in [0.2, 0.25) is 5.88 Å². The molecule has 418 valence electrons. The number of benzene rings is 3. The zero-order valence-corrected chi connectivity index (χ0v) is 45.9. The summed E-state index contributed by atoms with van der Waals surface area (Å²) in [5, 5.41) is 26.0. The van der Waals surface area contributed by atoms with E-state index in [0.717, 1.165) is 69.9 Å². The Labute approximate surface area is 454 Å². The number of hydrogen-bond acceptors (Lipinski definition) is 16. The van der Waals surface area contributed by atoms with E-state index >= 15 is 0 Å². The molecule has 3 atom stereocenters. The summed E-state index contributed by atoms with van der Waals surface area (Å²) in [6, 6.07) is 21.2. The third-order valence-electron chi connectivity index (χ3n) is 17.3. The third-order valence-corrected chi connectivity index (χ3v) is 19.1. The van der Waals surface area contributed by atoms with Crippen LogP contribution in [0.15, 0.2) is 83.9 Å². The minimum absolute atomic E-state index is 0.0205. The number of rotatable bonds is 15. The first-order chi connectivity index (χ1) is 37.3. The van der Waals surface area contributed by atoms with Gasteiger partial charge in [0.05, 0.1) is 58.6 Å². The first kappa shape index (κ1) is 54.3. The fourth-order valence-electron chi connectivity index (χ4n) is 13.0. The van der Waals surface area contributed by atoms with E-state index in [4.69, 9.17) is 18.7 Å². The molecule has 2 saturated carbocycles. The molecule has 23 heteroatoms. The summed E-state index contributed by atoms with van der Waals surface area (Å²) in [6.07, 6.45) is 8.03. The lowest BCUT2D eigenvalue weighted by molar-refractivity contribution is -0.384. The summed E-state index contributed by atoms with van der Waals surface area (Å²) in [7, 11) is -9.73. The number of carbonyl (C=O) groups excluding carboxylic acids is 1. The quantitative estimate of drug-likeness (QED) is 0.0377. The Morgan fingerprint density at radius 1 is 0.949 bits per heavy atom. The molecule has 5 N–H and O–H groups in total. The number of morpholine rings is 1. The van der Waals surface area contributed by atoms with Crippen LogP contribution in [-0.4, -0.2) is 125 Å². The molecule has 11 rings (SSSR count). The number of carbonyl (C=O) groups is 1. The van der Waals surface area contributed by atoms with Gasteiger partial charge >= 0.3 is 7.82 Å². The second-order valence-corrected chi connectivity index (χ2v) is 25.7. The number of phosphoric ester groups is 1. The monoisotopic (exact) mass is 1110 g/mol. The fraction of sp³-hybridized carbons (Fsp3) is 0.527. The van der Waals surface area contributed by atoms with E-state index in [1.54, 1.807) is 25.3 Å². The van der Waals surface area contributed by atoms with Crippen molar-refractivity contribution in [2.24, 2.45) is 11.3 Å². The molecule has 2 aliphatic carbocycles. The number of pyridine rings is 1. The number of nitrogens with zero attached hydrogens (tertiary/aromatic N) is 6. The Kier molecular flexibility index (Phi) is 14.9. The Balaban J connectivity index is 0.903. The smallest absolute Gasteiger partial charge is 0.469 e. The molecule has 3 aromatic carbocycles. The van der Waals surface area contributed by atoms with Crippen molar-refractivity contribution in [3.63, 3.8) is 0 Å². The minimum atomic E-state index is -5.00. The molecule has 6 heterocycles. The van der Waals surface area contributed by atoms with Crippen LogP contribution >= 0.6 is 7.82 Å². The van der Waals surface area contributed by atoms with Crippen molar-refractivity contribution in [1.82, 2.24) is 19.2 Å². The van der Waals surface area contributed by atoms with Crippen LogP contribution in [0.25, 0.3) is 11.4 Å². The van der Waals surface area contributed by atoms with Crippen molar-refractivity contribution in [3.05, 3.63) is 106 Å². The topological polar surface area (TPSA) is 261 Å². The number of ether oxygens (including phenoxy) is 3. The Bertz CT molecular complexity index is 3180. The number of anilines is 4. The molecule has 1 amide bonds. The van der Waals surface area contributed by atoms with Crippen molar-refractivity contribution >= 4 is 52.2 Å². The van der Waals surface area contributed by atoms with Gasteiger partial charge in [0.1, 0.15) is 30.0 Å².